The predicted octanol–water partition coefficient (Wildman–Crippen LogP) is 1.12. The van der Waals surface area contributed by atoms with Crippen LogP contribution in [0.2, 0.25) is 0 Å². The fourth-order valence-electron chi connectivity index (χ4n) is 1.27. The molecule has 0 fully saturated rings. The van der Waals surface area contributed by atoms with Crippen LogP contribution in [0.25, 0.3) is 0 Å². The molecule has 0 spiro atoms. The lowest BCUT2D eigenvalue weighted by atomic mass is 10.2. The quantitative estimate of drug-likeness (QED) is 0.712. The first-order valence-corrected chi connectivity index (χ1v) is 4.86. The van der Waals surface area contributed by atoms with Gasteiger partial charge in [-0.15, -0.1) is 0 Å². The van der Waals surface area contributed by atoms with Crippen LogP contribution in [-0.2, 0) is 16.1 Å². The topological polar surface area (TPSA) is 64.3 Å². The van der Waals surface area contributed by atoms with Crippen molar-refractivity contribution in [2.45, 2.75) is 13.0 Å². The Morgan fingerprint density at radius 2 is 2.20 bits per heavy atom. The van der Waals surface area contributed by atoms with Crippen molar-refractivity contribution in [3.8, 4) is 0 Å². The second-order valence-electron chi connectivity index (χ2n) is 3.11. The molecule has 4 heteroatoms. The number of methoxy groups -OCH3 is 1. The van der Waals surface area contributed by atoms with Gasteiger partial charge < -0.3 is 15.8 Å². The van der Waals surface area contributed by atoms with Crippen LogP contribution in [-0.4, -0.2) is 19.6 Å². The van der Waals surface area contributed by atoms with Gasteiger partial charge in [-0.2, -0.15) is 0 Å². The number of esters is 1. The third kappa shape index (κ3) is 3.59. The second-order valence-corrected chi connectivity index (χ2v) is 3.11. The summed E-state index contributed by atoms with van der Waals surface area (Å²) in [7, 11) is 1.39. The van der Waals surface area contributed by atoms with E-state index >= 15 is 0 Å². The van der Waals surface area contributed by atoms with Crippen LogP contribution in [0.5, 0.6) is 0 Å². The van der Waals surface area contributed by atoms with Crippen LogP contribution in [0.15, 0.2) is 24.3 Å². The van der Waals surface area contributed by atoms with Gasteiger partial charge in [0.25, 0.3) is 0 Å². The third-order valence-electron chi connectivity index (χ3n) is 2.11. The van der Waals surface area contributed by atoms with Gasteiger partial charge in [0, 0.05) is 18.8 Å². The average molecular weight is 208 g/mol. The summed E-state index contributed by atoms with van der Waals surface area (Å²) in [5.41, 5.74) is 7.60. The molecule has 4 nitrogen and oxygen atoms in total. The van der Waals surface area contributed by atoms with E-state index in [0.717, 1.165) is 11.3 Å². The molecule has 0 heterocycles. The minimum Gasteiger partial charge on any atom is -0.469 e. The highest BCUT2D eigenvalue weighted by Gasteiger charge is 2.01. The predicted molar refractivity (Wildman–Crippen MR) is 59.5 cm³/mol. The molecule has 0 aliphatic carbocycles. The SMILES string of the molecule is COC(=O)CCNc1ccccc1CN. The van der Waals surface area contributed by atoms with Gasteiger partial charge >= 0.3 is 5.97 Å². The van der Waals surface area contributed by atoms with Crippen molar-refractivity contribution in [3.05, 3.63) is 29.8 Å². The number of anilines is 1. The number of hydrogen-bond donors (Lipinski definition) is 2. The van der Waals surface area contributed by atoms with Crippen LogP contribution in [0.3, 0.4) is 0 Å². The van der Waals surface area contributed by atoms with E-state index in [1.165, 1.54) is 7.11 Å². The first kappa shape index (κ1) is 11.5. The van der Waals surface area contributed by atoms with Crippen LogP contribution in [0, 0.1) is 0 Å². The summed E-state index contributed by atoms with van der Waals surface area (Å²) < 4.78 is 4.54. The molecule has 15 heavy (non-hydrogen) atoms. The van der Waals surface area contributed by atoms with E-state index < -0.39 is 0 Å². The molecule has 0 aliphatic rings. The normalized spacial score (nSPS) is 9.73. The Labute approximate surface area is 89.4 Å². The van der Waals surface area contributed by atoms with Gasteiger partial charge in [-0.05, 0) is 11.6 Å². The molecule has 0 saturated heterocycles. The number of para-hydroxylation sites is 1. The highest BCUT2D eigenvalue weighted by atomic mass is 16.5. The van der Waals surface area contributed by atoms with E-state index in [4.69, 9.17) is 5.73 Å². The molecule has 0 saturated carbocycles. The zero-order valence-corrected chi connectivity index (χ0v) is 8.82. The Bertz CT molecular complexity index is 326. The first-order chi connectivity index (χ1) is 7.27. The zero-order valence-electron chi connectivity index (χ0n) is 8.82. The van der Waals surface area contributed by atoms with Gasteiger partial charge in [0.15, 0.2) is 0 Å². The molecule has 3 N–H and O–H groups in total. The number of nitrogens with one attached hydrogen (secondary N) is 1. The maximum Gasteiger partial charge on any atom is 0.307 e. The van der Waals surface area contributed by atoms with Gasteiger partial charge in [-0.1, -0.05) is 18.2 Å². The van der Waals surface area contributed by atoms with Crippen molar-refractivity contribution in [1.82, 2.24) is 0 Å². The maximum atomic E-state index is 10.9. The lowest BCUT2D eigenvalue weighted by molar-refractivity contribution is -0.140. The lowest BCUT2D eigenvalue weighted by Crippen LogP contribution is -2.11. The smallest absolute Gasteiger partial charge is 0.307 e. The van der Waals surface area contributed by atoms with Gasteiger partial charge in [0.05, 0.1) is 13.5 Å². The van der Waals surface area contributed by atoms with E-state index in [1.807, 2.05) is 24.3 Å². The molecule has 1 aromatic rings. The van der Waals surface area contributed by atoms with E-state index in [-0.39, 0.29) is 5.97 Å². The Kier molecular flexibility index (Phi) is 4.63. The highest BCUT2D eigenvalue weighted by Crippen LogP contribution is 2.13. The molecular weight excluding hydrogens is 192 g/mol. The second kappa shape index (κ2) is 6.03. The third-order valence-corrected chi connectivity index (χ3v) is 2.11. The van der Waals surface area contributed by atoms with Crippen molar-refractivity contribution in [2.75, 3.05) is 19.0 Å². The number of hydrogen-bond acceptors (Lipinski definition) is 4. The fraction of sp³-hybridized carbons (Fsp3) is 0.364. The van der Waals surface area contributed by atoms with Gasteiger partial charge in [0.2, 0.25) is 0 Å². The Balaban J connectivity index is 2.46. The summed E-state index contributed by atoms with van der Waals surface area (Å²) in [5, 5.41) is 3.15. The average Bonchev–Trinajstić information content (AvgIpc) is 2.29. The summed E-state index contributed by atoms with van der Waals surface area (Å²) in [6.07, 6.45) is 0.357. The van der Waals surface area contributed by atoms with Crippen molar-refractivity contribution >= 4 is 11.7 Å². The summed E-state index contributed by atoms with van der Waals surface area (Å²) in [6, 6.07) is 7.77. The highest BCUT2D eigenvalue weighted by molar-refractivity contribution is 5.70. The van der Waals surface area contributed by atoms with Gasteiger partial charge in [-0.25, -0.2) is 0 Å². The summed E-state index contributed by atoms with van der Waals surface area (Å²) in [5.74, 6) is -0.215. The number of ether oxygens (including phenoxy) is 1. The molecule has 0 aliphatic heterocycles. The maximum absolute atomic E-state index is 10.9. The van der Waals surface area contributed by atoms with Crippen LogP contribution >= 0.6 is 0 Å². The lowest BCUT2D eigenvalue weighted by Gasteiger charge is -2.09. The summed E-state index contributed by atoms with van der Waals surface area (Å²) in [6.45, 7) is 1.05. The molecule has 0 amide bonds. The number of carbonyl (C=O) groups excluding carboxylic acids is 1. The molecule has 0 radical (unpaired) electrons. The zero-order chi connectivity index (χ0) is 11.1. The summed E-state index contributed by atoms with van der Waals surface area (Å²) in [4.78, 5) is 10.9. The minimum absolute atomic E-state index is 0.215. The van der Waals surface area contributed by atoms with Crippen LogP contribution in [0.4, 0.5) is 5.69 Å². The Hall–Kier alpha value is -1.55. The molecule has 1 aromatic carbocycles. The van der Waals surface area contributed by atoms with Crippen molar-refractivity contribution in [2.24, 2.45) is 5.73 Å². The number of rotatable bonds is 5. The van der Waals surface area contributed by atoms with Crippen molar-refractivity contribution < 1.29 is 9.53 Å². The van der Waals surface area contributed by atoms with Crippen molar-refractivity contribution in [3.63, 3.8) is 0 Å². The van der Waals surface area contributed by atoms with Gasteiger partial charge in [0.1, 0.15) is 0 Å². The molecule has 0 unspecified atom stereocenters. The molecule has 82 valence electrons. The molecular formula is C11H16N2O2. The van der Waals surface area contributed by atoms with E-state index in [1.54, 1.807) is 0 Å². The van der Waals surface area contributed by atoms with Gasteiger partial charge in [-0.3, -0.25) is 4.79 Å². The van der Waals surface area contributed by atoms with E-state index in [9.17, 15) is 4.79 Å². The minimum atomic E-state index is -0.215. The number of benzene rings is 1. The largest absolute Gasteiger partial charge is 0.469 e. The van der Waals surface area contributed by atoms with Crippen LogP contribution in [0.1, 0.15) is 12.0 Å². The van der Waals surface area contributed by atoms with Crippen molar-refractivity contribution in [1.29, 1.82) is 0 Å². The fourth-order valence-corrected chi connectivity index (χ4v) is 1.27. The first-order valence-electron chi connectivity index (χ1n) is 4.86. The van der Waals surface area contributed by atoms with E-state index in [2.05, 4.69) is 10.1 Å². The molecule has 1 rings (SSSR count). The number of carbonyl (C=O) groups is 1. The Morgan fingerprint density at radius 1 is 1.47 bits per heavy atom. The Morgan fingerprint density at radius 3 is 2.87 bits per heavy atom. The molecule has 0 aromatic heterocycles. The van der Waals surface area contributed by atoms with E-state index in [0.29, 0.717) is 19.5 Å². The summed E-state index contributed by atoms with van der Waals surface area (Å²) >= 11 is 0. The standard InChI is InChI=1S/C11H16N2O2/c1-15-11(14)6-7-13-10-5-3-2-4-9(10)8-12/h2-5,13H,6-8,12H2,1H3. The van der Waals surface area contributed by atoms with Crippen LogP contribution < -0.4 is 11.1 Å². The molecule has 0 atom stereocenters. The monoisotopic (exact) mass is 208 g/mol. The molecule has 0 bridgehead atoms. The number of nitrogens with two attached hydrogens (primary N) is 1.